The first-order valence-electron chi connectivity index (χ1n) is 6.08. The molecule has 1 aromatic carbocycles. The average molecular weight is 245 g/mol. The van der Waals surface area contributed by atoms with Crippen LogP contribution >= 0.6 is 0 Å². The third kappa shape index (κ3) is 1.76. The van der Waals surface area contributed by atoms with Gasteiger partial charge in [-0.1, -0.05) is 0 Å². The zero-order chi connectivity index (χ0) is 12.7. The number of carboxylic acid groups (broad SMARTS) is 1. The van der Waals surface area contributed by atoms with Crippen molar-refractivity contribution in [2.75, 3.05) is 13.6 Å². The number of nitrogens with one attached hydrogen (secondary N) is 1. The number of nitrogens with zero attached hydrogens (tertiary/aromatic N) is 2. The summed E-state index contributed by atoms with van der Waals surface area (Å²) in [5, 5.41) is 8.96. The molecule has 0 amide bonds. The van der Waals surface area contributed by atoms with Crippen molar-refractivity contribution in [2.24, 2.45) is 0 Å². The first-order valence-corrected chi connectivity index (χ1v) is 6.08. The van der Waals surface area contributed by atoms with E-state index in [-0.39, 0.29) is 5.56 Å². The highest BCUT2D eigenvalue weighted by atomic mass is 16.4. The minimum atomic E-state index is -0.911. The second kappa shape index (κ2) is 4.10. The maximum absolute atomic E-state index is 10.9. The molecule has 1 aliphatic rings. The molecule has 1 atom stereocenters. The lowest BCUT2D eigenvalue weighted by atomic mass is 10.2. The quantitative estimate of drug-likeness (QED) is 0.849. The molecule has 5 heteroatoms. The summed E-state index contributed by atoms with van der Waals surface area (Å²) in [6.07, 6.45) is 2.28. The molecule has 1 fully saturated rings. The van der Waals surface area contributed by atoms with Gasteiger partial charge in [0.15, 0.2) is 0 Å². The van der Waals surface area contributed by atoms with Crippen LogP contribution in [0.1, 0.15) is 35.1 Å². The molecule has 3 rings (SSSR count). The van der Waals surface area contributed by atoms with Crippen LogP contribution in [0.3, 0.4) is 0 Å². The second-order valence-electron chi connectivity index (χ2n) is 4.80. The molecule has 94 valence electrons. The van der Waals surface area contributed by atoms with Crippen LogP contribution in [0.2, 0.25) is 0 Å². The maximum atomic E-state index is 10.9. The molecule has 0 unspecified atom stereocenters. The molecule has 0 bridgehead atoms. The molecule has 2 heterocycles. The summed E-state index contributed by atoms with van der Waals surface area (Å²) in [5.41, 5.74) is 1.91. The lowest BCUT2D eigenvalue weighted by Crippen LogP contribution is -2.18. The van der Waals surface area contributed by atoms with Crippen LogP contribution in [0.5, 0.6) is 0 Å². The predicted molar refractivity (Wildman–Crippen MR) is 67.7 cm³/mol. The van der Waals surface area contributed by atoms with Gasteiger partial charge in [0.25, 0.3) is 0 Å². The summed E-state index contributed by atoms with van der Waals surface area (Å²) in [4.78, 5) is 21.0. The van der Waals surface area contributed by atoms with E-state index in [1.807, 2.05) is 0 Å². The van der Waals surface area contributed by atoms with Crippen LogP contribution in [0.15, 0.2) is 18.2 Å². The molecule has 1 saturated heterocycles. The average Bonchev–Trinajstić information content (AvgIpc) is 2.92. The Hall–Kier alpha value is -1.88. The van der Waals surface area contributed by atoms with Crippen LogP contribution in [0.25, 0.3) is 11.0 Å². The SMILES string of the molecule is CN1CCC[C@H]1c1nc2ccc(C(=O)O)cc2[nH]1. The molecule has 18 heavy (non-hydrogen) atoms. The van der Waals surface area contributed by atoms with Gasteiger partial charge in [-0.3, -0.25) is 4.90 Å². The Labute approximate surface area is 104 Å². The maximum Gasteiger partial charge on any atom is 0.335 e. The molecule has 2 N–H and O–H groups in total. The Morgan fingerprint density at radius 1 is 1.56 bits per heavy atom. The number of hydrogen-bond donors (Lipinski definition) is 2. The van der Waals surface area contributed by atoms with Crippen molar-refractivity contribution in [3.8, 4) is 0 Å². The number of aromatic carboxylic acids is 1. The van der Waals surface area contributed by atoms with Crippen molar-refractivity contribution in [3.05, 3.63) is 29.6 Å². The van der Waals surface area contributed by atoms with Gasteiger partial charge in [0.1, 0.15) is 5.82 Å². The fraction of sp³-hybridized carbons (Fsp3) is 0.385. The number of carboxylic acids is 1. The van der Waals surface area contributed by atoms with E-state index < -0.39 is 5.97 Å². The van der Waals surface area contributed by atoms with E-state index in [1.165, 1.54) is 6.42 Å². The molecule has 1 aliphatic heterocycles. The summed E-state index contributed by atoms with van der Waals surface area (Å²) >= 11 is 0. The lowest BCUT2D eigenvalue weighted by molar-refractivity contribution is 0.0697. The number of likely N-dealkylation sites (tertiary alicyclic amines) is 1. The fourth-order valence-corrected chi connectivity index (χ4v) is 2.58. The molecule has 0 radical (unpaired) electrons. The van der Waals surface area contributed by atoms with Gasteiger partial charge < -0.3 is 10.1 Å². The first kappa shape index (κ1) is 11.2. The molecule has 0 spiro atoms. The van der Waals surface area contributed by atoms with E-state index >= 15 is 0 Å². The third-order valence-electron chi connectivity index (χ3n) is 3.58. The van der Waals surface area contributed by atoms with Crippen molar-refractivity contribution in [1.82, 2.24) is 14.9 Å². The standard InChI is InChI=1S/C13H15N3O2/c1-16-6-2-3-11(16)12-14-9-5-4-8(13(17)18)7-10(9)15-12/h4-5,7,11H,2-3,6H2,1H3,(H,14,15)(H,17,18)/t11-/m0/s1. The van der Waals surface area contributed by atoms with Crippen molar-refractivity contribution in [1.29, 1.82) is 0 Å². The zero-order valence-corrected chi connectivity index (χ0v) is 10.2. The third-order valence-corrected chi connectivity index (χ3v) is 3.58. The molecular weight excluding hydrogens is 230 g/mol. The predicted octanol–water partition coefficient (Wildman–Crippen LogP) is 2.03. The number of aromatic amines is 1. The van der Waals surface area contributed by atoms with E-state index in [9.17, 15) is 4.79 Å². The zero-order valence-electron chi connectivity index (χ0n) is 10.2. The number of fused-ring (bicyclic) bond motifs is 1. The van der Waals surface area contributed by atoms with Gasteiger partial charge in [0.05, 0.1) is 22.6 Å². The summed E-state index contributed by atoms with van der Waals surface area (Å²) < 4.78 is 0. The van der Waals surface area contributed by atoms with Crippen LogP contribution < -0.4 is 0 Å². The van der Waals surface area contributed by atoms with Gasteiger partial charge in [-0.2, -0.15) is 0 Å². The van der Waals surface area contributed by atoms with Gasteiger partial charge >= 0.3 is 5.97 Å². The summed E-state index contributed by atoms with van der Waals surface area (Å²) in [7, 11) is 2.09. The van der Waals surface area contributed by atoms with Crippen LogP contribution in [-0.2, 0) is 0 Å². The highest BCUT2D eigenvalue weighted by Crippen LogP contribution is 2.29. The number of carbonyl (C=O) groups is 1. The van der Waals surface area contributed by atoms with E-state index in [4.69, 9.17) is 5.11 Å². The minimum Gasteiger partial charge on any atom is -0.478 e. The second-order valence-corrected chi connectivity index (χ2v) is 4.80. The molecule has 0 aliphatic carbocycles. The number of benzene rings is 1. The van der Waals surface area contributed by atoms with Crippen molar-refractivity contribution in [2.45, 2.75) is 18.9 Å². The van der Waals surface area contributed by atoms with Crippen LogP contribution in [-0.4, -0.2) is 39.5 Å². The Balaban J connectivity index is 2.02. The van der Waals surface area contributed by atoms with Gasteiger partial charge in [0.2, 0.25) is 0 Å². The van der Waals surface area contributed by atoms with E-state index in [0.29, 0.717) is 6.04 Å². The van der Waals surface area contributed by atoms with Crippen molar-refractivity contribution >= 4 is 17.0 Å². The minimum absolute atomic E-state index is 0.289. The molecule has 2 aromatic rings. The monoisotopic (exact) mass is 245 g/mol. The van der Waals surface area contributed by atoms with E-state index in [0.717, 1.165) is 29.8 Å². The van der Waals surface area contributed by atoms with Gasteiger partial charge in [0, 0.05) is 0 Å². The van der Waals surface area contributed by atoms with Crippen LogP contribution in [0, 0.1) is 0 Å². The molecule has 1 aromatic heterocycles. The van der Waals surface area contributed by atoms with Gasteiger partial charge in [-0.15, -0.1) is 0 Å². The Morgan fingerprint density at radius 2 is 2.39 bits per heavy atom. The van der Waals surface area contributed by atoms with Crippen LogP contribution in [0.4, 0.5) is 0 Å². The molecular formula is C13H15N3O2. The Kier molecular flexibility index (Phi) is 2.56. The highest BCUT2D eigenvalue weighted by molar-refractivity contribution is 5.92. The number of rotatable bonds is 2. The van der Waals surface area contributed by atoms with Crippen molar-refractivity contribution in [3.63, 3.8) is 0 Å². The van der Waals surface area contributed by atoms with Crippen molar-refractivity contribution < 1.29 is 9.90 Å². The Bertz CT molecular complexity index is 605. The highest BCUT2D eigenvalue weighted by Gasteiger charge is 2.25. The summed E-state index contributed by atoms with van der Waals surface area (Å²) in [6, 6.07) is 5.32. The molecule has 0 saturated carbocycles. The van der Waals surface area contributed by atoms with E-state index in [2.05, 4.69) is 21.9 Å². The smallest absolute Gasteiger partial charge is 0.335 e. The number of H-pyrrole nitrogens is 1. The number of hydrogen-bond acceptors (Lipinski definition) is 3. The first-order chi connectivity index (χ1) is 8.65. The number of aromatic nitrogens is 2. The topological polar surface area (TPSA) is 69.2 Å². The normalized spacial score (nSPS) is 20.6. The Morgan fingerprint density at radius 3 is 3.06 bits per heavy atom. The van der Waals surface area contributed by atoms with Gasteiger partial charge in [-0.05, 0) is 44.6 Å². The molecule has 5 nitrogen and oxygen atoms in total. The number of imidazole rings is 1. The largest absolute Gasteiger partial charge is 0.478 e. The van der Waals surface area contributed by atoms with E-state index in [1.54, 1.807) is 18.2 Å². The summed E-state index contributed by atoms with van der Waals surface area (Å²) in [6.45, 7) is 1.09. The fourth-order valence-electron chi connectivity index (χ4n) is 2.58. The van der Waals surface area contributed by atoms with Gasteiger partial charge in [-0.25, -0.2) is 9.78 Å². The lowest BCUT2D eigenvalue weighted by Gasteiger charge is -2.16. The summed E-state index contributed by atoms with van der Waals surface area (Å²) in [5.74, 6) is 0.0265.